The summed E-state index contributed by atoms with van der Waals surface area (Å²) in [5, 5.41) is 11.9. The van der Waals surface area contributed by atoms with Gasteiger partial charge in [-0.3, -0.25) is 0 Å². The molecule has 0 unspecified atom stereocenters. The molecule has 2 aromatic carbocycles. The number of carboxylic acid groups (broad SMARTS) is 1. The summed E-state index contributed by atoms with van der Waals surface area (Å²) in [4.78, 5) is 10.9. The Morgan fingerprint density at radius 2 is 1.90 bits per heavy atom. The van der Waals surface area contributed by atoms with Gasteiger partial charge in [0.05, 0.1) is 5.56 Å². The van der Waals surface area contributed by atoms with Crippen molar-refractivity contribution in [2.75, 3.05) is 5.32 Å². The third kappa shape index (κ3) is 3.54. The minimum atomic E-state index is -1.04. The van der Waals surface area contributed by atoms with Gasteiger partial charge in [-0.15, -0.1) is 0 Å². The minimum absolute atomic E-state index is 0.132. The van der Waals surface area contributed by atoms with E-state index >= 15 is 0 Å². The van der Waals surface area contributed by atoms with E-state index in [-0.39, 0.29) is 12.1 Å². The Hall–Kier alpha value is -1.95. The van der Waals surface area contributed by atoms with E-state index in [0.717, 1.165) is 12.1 Å². The molecule has 0 aliphatic rings. The van der Waals surface area contributed by atoms with Gasteiger partial charge in [-0.2, -0.15) is 0 Å². The first-order chi connectivity index (χ1) is 9.45. The number of hydrogen-bond donors (Lipinski definition) is 2. The van der Waals surface area contributed by atoms with Crippen LogP contribution in [0.4, 0.5) is 14.5 Å². The van der Waals surface area contributed by atoms with Crippen LogP contribution in [-0.2, 0) is 6.54 Å². The van der Waals surface area contributed by atoms with Crippen molar-refractivity contribution in [1.29, 1.82) is 0 Å². The van der Waals surface area contributed by atoms with Crippen molar-refractivity contribution in [2.45, 2.75) is 6.54 Å². The van der Waals surface area contributed by atoms with E-state index in [1.165, 1.54) is 18.2 Å². The van der Waals surface area contributed by atoms with E-state index in [2.05, 4.69) is 21.2 Å². The quantitative estimate of drug-likeness (QED) is 0.882. The first-order valence-electron chi connectivity index (χ1n) is 5.67. The largest absolute Gasteiger partial charge is 0.478 e. The molecule has 20 heavy (non-hydrogen) atoms. The standard InChI is InChI=1S/C14H10BrF2NO2/c15-10-4-9(14(19)20)5-11(6-10)18-7-8-1-2-12(16)13(17)3-8/h1-6,18H,7H2,(H,19,20). The highest BCUT2D eigenvalue weighted by Gasteiger charge is 2.07. The van der Waals surface area contributed by atoms with Gasteiger partial charge in [0.1, 0.15) is 0 Å². The summed E-state index contributed by atoms with van der Waals surface area (Å²) in [6.07, 6.45) is 0. The molecule has 0 atom stereocenters. The summed E-state index contributed by atoms with van der Waals surface area (Å²) >= 11 is 3.22. The molecular formula is C14H10BrF2NO2. The Bertz CT molecular complexity index is 662. The average molecular weight is 342 g/mol. The van der Waals surface area contributed by atoms with Gasteiger partial charge in [0.25, 0.3) is 0 Å². The van der Waals surface area contributed by atoms with Crippen LogP contribution in [0.25, 0.3) is 0 Å². The maximum absolute atomic E-state index is 13.1. The van der Waals surface area contributed by atoms with Crippen LogP contribution in [0.5, 0.6) is 0 Å². The zero-order valence-corrected chi connectivity index (χ0v) is 11.7. The average Bonchev–Trinajstić information content (AvgIpc) is 2.39. The van der Waals surface area contributed by atoms with E-state index in [9.17, 15) is 13.6 Å². The molecule has 2 aromatic rings. The molecule has 0 spiro atoms. The van der Waals surface area contributed by atoms with Crippen molar-refractivity contribution in [2.24, 2.45) is 0 Å². The number of benzene rings is 2. The molecule has 0 amide bonds. The SMILES string of the molecule is O=C(O)c1cc(Br)cc(NCc2ccc(F)c(F)c2)c1. The first kappa shape index (κ1) is 14.5. The molecule has 0 fully saturated rings. The lowest BCUT2D eigenvalue weighted by atomic mass is 10.2. The Balaban J connectivity index is 2.14. The highest BCUT2D eigenvalue weighted by Crippen LogP contribution is 2.20. The van der Waals surface area contributed by atoms with Crippen LogP contribution < -0.4 is 5.32 Å². The smallest absolute Gasteiger partial charge is 0.335 e. The second-order valence-electron chi connectivity index (χ2n) is 4.14. The highest BCUT2D eigenvalue weighted by molar-refractivity contribution is 9.10. The van der Waals surface area contributed by atoms with Crippen molar-refractivity contribution in [3.05, 3.63) is 63.6 Å². The first-order valence-corrected chi connectivity index (χ1v) is 6.46. The van der Waals surface area contributed by atoms with Crippen LogP contribution in [0.2, 0.25) is 0 Å². The van der Waals surface area contributed by atoms with Crippen LogP contribution in [-0.4, -0.2) is 11.1 Å². The molecule has 2 N–H and O–H groups in total. The van der Waals surface area contributed by atoms with Crippen LogP contribution in [0.1, 0.15) is 15.9 Å². The number of halogens is 3. The second kappa shape index (κ2) is 6.00. The van der Waals surface area contributed by atoms with E-state index < -0.39 is 17.6 Å². The lowest BCUT2D eigenvalue weighted by Crippen LogP contribution is -2.03. The van der Waals surface area contributed by atoms with Crippen LogP contribution in [0.3, 0.4) is 0 Å². The number of rotatable bonds is 4. The van der Waals surface area contributed by atoms with Crippen molar-refractivity contribution in [3.63, 3.8) is 0 Å². The maximum atomic E-state index is 13.1. The molecule has 0 heterocycles. The molecule has 0 aliphatic heterocycles. The van der Waals surface area contributed by atoms with Crippen molar-refractivity contribution in [3.8, 4) is 0 Å². The molecule has 0 bridgehead atoms. The monoisotopic (exact) mass is 341 g/mol. The summed E-state index contributed by atoms with van der Waals surface area (Å²) in [5.41, 5.74) is 1.26. The number of carbonyl (C=O) groups is 1. The van der Waals surface area contributed by atoms with Gasteiger partial charge < -0.3 is 10.4 Å². The Morgan fingerprint density at radius 1 is 1.15 bits per heavy atom. The molecule has 6 heteroatoms. The third-order valence-corrected chi connectivity index (χ3v) is 3.08. The van der Waals surface area contributed by atoms with Crippen molar-refractivity contribution < 1.29 is 18.7 Å². The van der Waals surface area contributed by atoms with E-state index in [4.69, 9.17) is 5.11 Å². The van der Waals surface area contributed by atoms with Gasteiger partial charge in [-0.05, 0) is 35.9 Å². The van der Waals surface area contributed by atoms with E-state index in [1.807, 2.05) is 0 Å². The van der Waals surface area contributed by atoms with Crippen molar-refractivity contribution >= 4 is 27.6 Å². The van der Waals surface area contributed by atoms with Crippen LogP contribution in [0, 0.1) is 11.6 Å². The van der Waals surface area contributed by atoms with Gasteiger partial charge in [0.15, 0.2) is 11.6 Å². The van der Waals surface area contributed by atoms with Crippen LogP contribution >= 0.6 is 15.9 Å². The fourth-order valence-corrected chi connectivity index (χ4v) is 2.16. The molecule has 0 saturated carbocycles. The number of hydrogen-bond acceptors (Lipinski definition) is 2. The fraction of sp³-hybridized carbons (Fsp3) is 0.0714. The number of aromatic carboxylic acids is 1. The summed E-state index contributed by atoms with van der Waals surface area (Å²) in [6.45, 7) is 0.257. The Kier molecular flexibility index (Phi) is 4.34. The molecule has 0 aliphatic carbocycles. The third-order valence-electron chi connectivity index (χ3n) is 2.63. The van der Waals surface area contributed by atoms with Gasteiger partial charge in [-0.25, -0.2) is 13.6 Å². The molecule has 3 nitrogen and oxygen atoms in total. The fourth-order valence-electron chi connectivity index (χ4n) is 1.67. The maximum Gasteiger partial charge on any atom is 0.335 e. The summed E-state index contributed by atoms with van der Waals surface area (Å²) in [6, 6.07) is 8.25. The molecule has 0 saturated heterocycles. The lowest BCUT2D eigenvalue weighted by molar-refractivity contribution is 0.0697. The number of anilines is 1. The van der Waals surface area contributed by atoms with Gasteiger partial charge in [-0.1, -0.05) is 22.0 Å². The molecular weight excluding hydrogens is 332 g/mol. The zero-order chi connectivity index (χ0) is 14.7. The zero-order valence-electron chi connectivity index (χ0n) is 10.2. The van der Waals surface area contributed by atoms with E-state index in [0.29, 0.717) is 15.7 Å². The predicted octanol–water partition coefficient (Wildman–Crippen LogP) is 4.04. The van der Waals surface area contributed by atoms with Crippen LogP contribution in [0.15, 0.2) is 40.9 Å². The Morgan fingerprint density at radius 3 is 2.55 bits per heavy atom. The molecule has 104 valence electrons. The highest BCUT2D eigenvalue weighted by atomic mass is 79.9. The van der Waals surface area contributed by atoms with Gasteiger partial charge >= 0.3 is 5.97 Å². The molecule has 2 rings (SSSR count). The van der Waals surface area contributed by atoms with Gasteiger partial charge in [0, 0.05) is 16.7 Å². The van der Waals surface area contributed by atoms with E-state index in [1.54, 1.807) is 6.07 Å². The van der Waals surface area contributed by atoms with Crippen molar-refractivity contribution in [1.82, 2.24) is 0 Å². The summed E-state index contributed by atoms with van der Waals surface area (Å²) in [7, 11) is 0. The van der Waals surface area contributed by atoms with Gasteiger partial charge in [0.2, 0.25) is 0 Å². The lowest BCUT2D eigenvalue weighted by Gasteiger charge is -2.08. The molecule has 0 radical (unpaired) electrons. The normalized spacial score (nSPS) is 10.3. The number of carboxylic acids is 1. The second-order valence-corrected chi connectivity index (χ2v) is 5.05. The predicted molar refractivity (Wildman–Crippen MR) is 74.8 cm³/mol. The molecule has 0 aromatic heterocycles. The summed E-state index contributed by atoms with van der Waals surface area (Å²) in [5.74, 6) is -2.85. The Labute approximate surface area is 122 Å². The minimum Gasteiger partial charge on any atom is -0.478 e. The number of nitrogens with one attached hydrogen (secondary N) is 1. The summed E-state index contributed by atoms with van der Waals surface area (Å²) < 4.78 is 26.5. The topological polar surface area (TPSA) is 49.3 Å².